The molecule has 5 rings (SSSR count). The van der Waals surface area contributed by atoms with Crippen LogP contribution in [0.5, 0.6) is 0 Å². The van der Waals surface area contributed by atoms with E-state index in [1.165, 1.54) is 0 Å². The molecule has 4 N–H and O–H groups in total. The average Bonchev–Trinajstić information content (AvgIpc) is 3.63. The standard InChI is InChI=1S/C29H39N9O3/c1-20-33-27-24(16-21-8-3-2-4-9-21)34-28(40)25-10-5-6-13-37(25)26(39)11-7-12-36(14-15-38(27)35-20)29(41)23(30)17-22-18-31-19-32-22/h2-4,8-9,18-19,23-25H,5-7,10-17,30H2,1H3,(H,31,32)(H,34,40)/t23-,24+,25-/m0/s1. The first-order chi connectivity index (χ1) is 19.9. The van der Waals surface area contributed by atoms with E-state index in [1.807, 2.05) is 37.3 Å². The number of aromatic nitrogens is 5. The number of hydrogen-bond donors (Lipinski definition) is 3. The number of nitrogens with one attached hydrogen (secondary N) is 2. The SMILES string of the molecule is Cc1nc2n(n1)CCN(C(=O)[C@@H](N)Cc1cnc[nH]1)CCCC(=O)N1CCCC[C@H]1C(=O)N[C@@H]2Cc1ccccc1. The molecule has 4 heterocycles. The number of nitrogens with zero attached hydrogens (tertiary/aromatic N) is 6. The van der Waals surface area contributed by atoms with Gasteiger partial charge in [-0.1, -0.05) is 30.3 Å². The lowest BCUT2D eigenvalue weighted by Gasteiger charge is -2.36. The van der Waals surface area contributed by atoms with Crippen molar-refractivity contribution in [3.63, 3.8) is 0 Å². The Morgan fingerprint density at radius 1 is 1.10 bits per heavy atom. The van der Waals surface area contributed by atoms with Crippen molar-refractivity contribution >= 4 is 17.7 Å². The van der Waals surface area contributed by atoms with Gasteiger partial charge in [0.2, 0.25) is 17.7 Å². The number of fused-ring (bicyclic) bond motifs is 2. The Labute approximate surface area is 239 Å². The molecule has 2 aromatic heterocycles. The summed E-state index contributed by atoms with van der Waals surface area (Å²) in [6.07, 6.45) is 7.18. The van der Waals surface area contributed by atoms with E-state index in [0.717, 1.165) is 24.1 Å². The number of hydrogen-bond acceptors (Lipinski definition) is 7. The van der Waals surface area contributed by atoms with Crippen LogP contribution in [-0.4, -0.2) is 84.0 Å². The Hall–Kier alpha value is -4.06. The Kier molecular flexibility index (Phi) is 9.07. The maximum Gasteiger partial charge on any atom is 0.243 e. The van der Waals surface area contributed by atoms with Crippen LogP contribution in [0.15, 0.2) is 42.9 Å². The van der Waals surface area contributed by atoms with Gasteiger partial charge in [0, 0.05) is 44.4 Å². The van der Waals surface area contributed by atoms with E-state index in [1.54, 1.807) is 27.0 Å². The highest BCUT2D eigenvalue weighted by molar-refractivity contribution is 5.88. The van der Waals surface area contributed by atoms with Crippen LogP contribution in [0.4, 0.5) is 0 Å². The van der Waals surface area contributed by atoms with Gasteiger partial charge in [0.1, 0.15) is 17.7 Å². The van der Waals surface area contributed by atoms with Crippen LogP contribution >= 0.6 is 0 Å². The van der Waals surface area contributed by atoms with E-state index in [4.69, 9.17) is 10.7 Å². The molecule has 12 heteroatoms. The number of H-pyrrole nitrogens is 1. The highest BCUT2D eigenvalue weighted by atomic mass is 16.2. The number of piperidine rings is 1. The van der Waals surface area contributed by atoms with Crippen molar-refractivity contribution in [3.8, 4) is 0 Å². The molecule has 1 saturated heterocycles. The Bertz CT molecular complexity index is 1320. The molecule has 0 unspecified atom stereocenters. The monoisotopic (exact) mass is 561 g/mol. The van der Waals surface area contributed by atoms with Crippen LogP contribution in [0.3, 0.4) is 0 Å². The quantitative estimate of drug-likeness (QED) is 0.424. The van der Waals surface area contributed by atoms with Crippen LogP contribution < -0.4 is 11.1 Å². The van der Waals surface area contributed by atoms with Crippen LogP contribution in [0.2, 0.25) is 0 Å². The normalized spacial score (nSPS) is 21.4. The zero-order valence-electron chi connectivity index (χ0n) is 23.5. The van der Waals surface area contributed by atoms with E-state index in [-0.39, 0.29) is 24.1 Å². The van der Waals surface area contributed by atoms with Crippen molar-refractivity contribution in [2.75, 3.05) is 19.6 Å². The summed E-state index contributed by atoms with van der Waals surface area (Å²) in [5.41, 5.74) is 8.17. The fourth-order valence-electron chi connectivity index (χ4n) is 5.79. The fraction of sp³-hybridized carbons (Fsp3) is 0.517. The van der Waals surface area contributed by atoms with Gasteiger partial charge in [0.05, 0.1) is 25.0 Å². The molecule has 0 saturated carbocycles. The largest absolute Gasteiger partial charge is 0.348 e. The molecule has 0 aliphatic carbocycles. The summed E-state index contributed by atoms with van der Waals surface area (Å²) in [6, 6.07) is 8.18. The lowest BCUT2D eigenvalue weighted by atomic mass is 9.99. The molecule has 3 atom stereocenters. The van der Waals surface area contributed by atoms with Gasteiger partial charge in [-0.2, -0.15) is 5.10 Å². The molecule has 41 heavy (non-hydrogen) atoms. The van der Waals surface area contributed by atoms with Gasteiger partial charge in [-0.25, -0.2) is 14.6 Å². The van der Waals surface area contributed by atoms with Crippen LogP contribution in [0.25, 0.3) is 0 Å². The number of carbonyl (C=O) groups is 3. The number of amides is 3. The van der Waals surface area contributed by atoms with Crippen molar-refractivity contribution in [3.05, 3.63) is 65.8 Å². The lowest BCUT2D eigenvalue weighted by Crippen LogP contribution is -2.53. The highest BCUT2D eigenvalue weighted by Gasteiger charge is 2.34. The van der Waals surface area contributed by atoms with Gasteiger partial charge < -0.3 is 25.8 Å². The minimum Gasteiger partial charge on any atom is -0.348 e. The fourth-order valence-corrected chi connectivity index (χ4v) is 5.79. The maximum absolute atomic E-state index is 13.7. The van der Waals surface area contributed by atoms with Crippen molar-refractivity contribution in [1.29, 1.82) is 0 Å². The predicted octanol–water partition coefficient (Wildman–Crippen LogP) is 1.28. The summed E-state index contributed by atoms with van der Waals surface area (Å²) in [5.74, 6) is 0.793. The lowest BCUT2D eigenvalue weighted by molar-refractivity contribution is -0.143. The minimum absolute atomic E-state index is 0.0605. The summed E-state index contributed by atoms with van der Waals surface area (Å²) in [4.78, 5) is 55.7. The molecule has 1 aromatic carbocycles. The summed E-state index contributed by atoms with van der Waals surface area (Å²) in [7, 11) is 0. The first-order valence-corrected chi connectivity index (χ1v) is 14.5. The second-order valence-corrected chi connectivity index (χ2v) is 10.9. The second-order valence-electron chi connectivity index (χ2n) is 10.9. The minimum atomic E-state index is -0.751. The Balaban J connectivity index is 1.45. The third kappa shape index (κ3) is 6.99. The molecular formula is C29H39N9O3. The zero-order chi connectivity index (χ0) is 28.8. The van der Waals surface area contributed by atoms with Crippen molar-refractivity contribution in [2.24, 2.45) is 5.73 Å². The van der Waals surface area contributed by atoms with Crippen molar-refractivity contribution in [2.45, 2.75) is 76.5 Å². The number of nitrogens with two attached hydrogens (primary N) is 1. The van der Waals surface area contributed by atoms with Gasteiger partial charge in [0.15, 0.2) is 0 Å². The molecular weight excluding hydrogens is 522 g/mol. The number of aryl methyl sites for hydroxylation is 1. The van der Waals surface area contributed by atoms with Crippen molar-refractivity contribution in [1.82, 2.24) is 39.8 Å². The van der Waals surface area contributed by atoms with E-state index >= 15 is 0 Å². The molecule has 3 aromatic rings. The summed E-state index contributed by atoms with van der Waals surface area (Å²) >= 11 is 0. The molecule has 2 aliphatic heterocycles. The van der Waals surface area contributed by atoms with Gasteiger partial charge in [-0.05, 0) is 44.6 Å². The average molecular weight is 562 g/mol. The Morgan fingerprint density at radius 2 is 1.93 bits per heavy atom. The van der Waals surface area contributed by atoms with Gasteiger partial charge in [0.25, 0.3) is 0 Å². The molecule has 0 bridgehead atoms. The van der Waals surface area contributed by atoms with Crippen molar-refractivity contribution < 1.29 is 14.4 Å². The third-order valence-corrected chi connectivity index (χ3v) is 7.87. The first kappa shape index (κ1) is 28.5. The van der Waals surface area contributed by atoms with Gasteiger partial charge >= 0.3 is 0 Å². The number of rotatable bonds is 5. The third-order valence-electron chi connectivity index (χ3n) is 7.87. The molecule has 12 nitrogen and oxygen atoms in total. The second kappa shape index (κ2) is 13.1. The Morgan fingerprint density at radius 3 is 2.71 bits per heavy atom. The van der Waals surface area contributed by atoms with Gasteiger partial charge in [-0.15, -0.1) is 0 Å². The number of aromatic amines is 1. The van der Waals surface area contributed by atoms with Crippen LogP contribution in [-0.2, 0) is 33.8 Å². The van der Waals surface area contributed by atoms with E-state index < -0.39 is 18.1 Å². The summed E-state index contributed by atoms with van der Waals surface area (Å²) in [5, 5.41) is 7.86. The smallest absolute Gasteiger partial charge is 0.243 e. The highest BCUT2D eigenvalue weighted by Crippen LogP contribution is 2.23. The predicted molar refractivity (Wildman–Crippen MR) is 151 cm³/mol. The van der Waals surface area contributed by atoms with Crippen LogP contribution in [0, 0.1) is 6.92 Å². The van der Waals surface area contributed by atoms with Crippen LogP contribution in [0.1, 0.15) is 61.1 Å². The van der Waals surface area contributed by atoms with E-state index in [0.29, 0.717) is 63.5 Å². The maximum atomic E-state index is 13.7. The molecule has 1 fully saturated rings. The van der Waals surface area contributed by atoms with Gasteiger partial charge in [-0.3, -0.25) is 14.4 Å². The van der Waals surface area contributed by atoms with E-state index in [9.17, 15) is 14.4 Å². The molecule has 218 valence electrons. The summed E-state index contributed by atoms with van der Waals surface area (Å²) in [6.45, 7) is 3.47. The topological polar surface area (TPSA) is 155 Å². The first-order valence-electron chi connectivity index (χ1n) is 14.5. The number of imidazole rings is 1. The summed E-state index contributed by atoms with van der Waals surface area (Å²) < 4.78 is 1.79. The molecule has 0 radical (unpaired) electrons. The zero-order valence-corrected chi connectivity index (χ0v) is 23.5. The van der Waals surface area contributed by atoms with E-state index in [2.05, 4.69) is 20.4 Å². The molecule has 3 amide bonds. The number of carbonyl (C=O) groups excluding carboxylic acids is 3. The molecule has 2 aliphatic rings. The molecule has 0 spiro atoms. The number of benzene rings is 1.